The third-order valence-corrected chi connectivity index (χ3v) is 5.94. The first-order valence-corrected chi connectivity index (χ1v) is 10.0. The highest BCUT2D eigenvalue weighted by Crippen LogP contribution is 2.27. The monoisotopic (exact) mass is 383 g/mol. The molecule has 130 valence electrons. The van der Waals surface area contributed by atoms with Gasteiger partial charge in [-0.25, -0.2) is 13.4 Å². The molecule has 1 N–H and O–H groups in total. The SMILES string of the molecule is O=S(=O)(Nc1nc(-c2ccccc2)cs1)c1ccc(-c2ccon2)cc1. The maximum Gasteiger partial charge on any atom is 0.263 e. The van der Waals surface area contributed by atoms with Crippen LogP contribution in [0.25, 0.3) is 22.5 Å². The summed E-state index contributed by atoms with van der Waals surface area (Å²) in [6.45, 7) is 0. The molecule has 2 aromatic heterocycles. The number of rotatable bonds is 5. The average Bonchev–Trinajstić information content (AvgIpc) is 3.34. The zero-order valence-corrected chi connectivity index (χ0v) is 15.0. The summed E-state index contributed by atoms with van der Waals surface area (Å²) in [6.07, 6.45) is 1.47. The van der Waals surface area contributed by atoms with Gasteiger partial charge in [0.15, 0.2) is 5.13 Å². The van der Waals surface area contributed by atoms with E-state index in [0.29, 0.717) is 10.8 Å². The molecular formula is C18H13N3O3S2. The van der Waals surface area contributed by atoms with Crippen LogP contribution in [0.5, 0.6) is 0 Å². The first-order valence-electron chi connectivity index (χ1n) is 7.66. The summed E-state index contributed by atoms with van der Waals surface area (Å²) in [4.78, 5) is 4.51. The molecule has 0 fully saturated rings. The van der Waals surface area contributed by atoms with Crippen LogP contribution in [0.3, 0.4) is 0 Å². The summed E-state index contributed by atoms with van der Waals surface area (Å²) in [6, 6.07) is 17.7. The van der Waals surface area contributed by atoms with Gasteiger partial charge < -0.3 is 4.52 Å². The van der Waals surface area contributed by atoms with Crippen molar-refractivity contribution in [3.05, 3.63) is 72.3 Å². The van der Waals surface area contributed by atoms with Gasteiger partial charge in [0.25, 0.3) is 10.0 Å². The molecule has 4 rings (SSSR count). The lowest BCUT2D eigenvalue weighted by Crippen LogP contribution is -2.12. The molecule has 0 unspecified atom stereocenters. The van der Waals surface area contributed by atoms with Crippen LogP contribution < -0.4 is 4.72 Å². The normalized spacial score (nSPS) is 11.4. The Hall–Kier alpha value is -2.97. The molecule has 6 nitrogen and oxygen atoms in total. The van der Waals surface area contributed by atoms with Crippen LogP contribution in [-0.4, -0.2) is 18.6 Å². The van der Waals surface area contributed by atoms with Crippen molar-refractivity contribution in [1.29, 1.82) is 0 Å². The number of sulfonamides is 1. The number of thiazole rings is 1. The zero-order valence-electron chi connectivity index (χ0n) is 13.4. The molecule has 0 bridgehead atoms. The Bertz CT molecular complexity index is 1100. The first kappa shape index (κ1) is 16.5. The summed E-state index contributed by atoms with van der Waals surface area (Å²) in [5.41, 5.74) is 3.09. The molecule has 0 atom stereocenters. The van der Waals surface area contributed by atoms with E-state index in [1.165, 1.54) is 29.7 Å². The van der Waals surface area contributed by atoms with Crippen molar-refractivity contribution in [2.45, 2.75) is 4.90 Å². The Morgan fingerprint density at radius 2 is 1.62 bits per heavy atom. The molecule has 0 saturated carbocycles. The fourth-order valence-corrected chi connectivity index (χ4v) is 4.37. The molecule has 26 heavy (non-hydrogen) atoms. The molecule has 2 aromatic carbocycles. The van der Waals surface area contributed by atoms with Crippen molar-refractivity contribution in [3.8, 4) is 22.5 Å². The van der Waals surface area contributed by atoms with Crippen LogP contribution in [0.15, 0.2) is 81.7 Å². The van der Waals surface area contributed by atoms with Gasteiger partial charge in [0, 0.05) is 22.6 Å². The third kappa shape index (κ3) is 3.37. The predicted molar refractivity (Wildman–Crippen MR) is 100 cm³/mol. The Balaban J connectivity index is 1.55. The summed E-state index contributed by atoms with van der Waals surface area (Å²) in [5.74, 6) is 0. The molecule has 2 heterocycles. The fourth-order valence-electron chi connectivity index (χ4n) is 2.40. The maximum atomic E-state index is 12.6. The van der Waals surface area contributed by atoms with Gasteiger partial charge in [0.2, 0.25) is 0 Å². The van der Waals surface area contributed by atoms with E-state index in [-0.39, 0.29) is 4.90 Å². The van der Waals surface area contributed by atoms with E-state index in [4.69, 9.17) is 4.52 Å². The van der Waals surface area contributed by atoms with Crippen LogP contribution in [0.1, 0.15) is 0 Å². The van der Waals surface area contributed by atoms with Gasteiger partial charge in [-0.2, -0.15) is 0 Å². The quantitative estimate of drug-likeness (QED) is 0.556. The minimum Gasteiger partial charge on any atom is -0.364 e. The molecule has 8 heteroatoms. The Morgan fingerprint density at radius 1 is 0.885 bits per heavy atom. The summed E-state index contributed by atoms with van der Waals surface area (Å²) in [5, 5.41) is 5.97. The highest BCUT2D eigenvalue weighted by atomic mass is 32.2. The average molecular weight is 383 g/mol. The lowest BCUT2D eigenvalue weighted by Gasteiger charge is -2.05. The number of hydrogen-bond acceptors (Lipinski definition) is 6. The number of hydrogen-bond donors (Lipinski definition) is 1. The third-order valence-electron chi connectivity index (χ3n) is 3.69. The molecule has 0 aliphatic heterocycles. The van der Waals surface area contributed by atoms with Gasteiger partial charge in [0.05, 0.1) is 10.6 Å². The second-order valence-electron chi connectivity index (χ2n) is 5.42. The lowest BCUT2D eigenvalue weighted by atomic mass is 10.2. The molecule has 0 aliphatic carbocycles. The summed E-state index contributed by atoms with van der Waals surface area (Å²) >= 11 is 1.24. The second-order valence-corrected chi connectivity index (χ2v) is 7.96. The van der Waals surface area contributed by atoms with Crippen molar-refractivity contribution in [1.82, 2.24) is 10.1 Å². The van der Waals surface area contributed by atoms with Crippen LogP contribution in [0.4, 0.5) is 5.13 Å². The number of anilines is 1. The first-order chi connectivity index (χ1) is 12.6. The highest BCUT2D eigenvalue weighted by molar-refractivity contribution is 7.93. The molecule has 0 spiro atoms. The van der Waals surface area contributed by atoms with E-state index in [1.807, 2.05) is 35.7 Å². The van der Waals surface area contributed by atoms with E-state index in [2.05, 4.69) is 14.9 Å². The van der Waals surface area contributed by atoms with E-state index in [9.17, 15) is 8.42 Å². The number of nitrogens with zero attached hydrogens (tertiary/aromatic N) is 2. The van der Waals surface area contributed by atoms with Crippen LogP contribution in [-0.2, 0) is 10.0 Å². The minimum atomic E-state index is -3.71. The van der Waals surface area contributed by atoms with Crippen molar-refractivity contribution >= 4 is 26.5 Å². The van der Waals surface area contributed by atoms with Crippen LogP contribution >= 0.6 is 11.3 Å². The van der Waals surface area contributed by atoms with Crippen LogP contribution in [0, 0.1) is 0 Å². The van der Waals surface area contributed by atoms with Crippen molar-refractivity contribution < 1.29 is 12.9 Å². The molecular weight excluding hydrogens is 370 g/mol. The standard InChI is InChI=1S/C18H13N3O3S2/c22-26(23,15-8-6-14(7-9-15)16-10-11-24-20-16)21-18-19-17(12-25-18)13-4-2-1-3-5-13/h1-12H,(H,19,21). The molecule has 0 aliphatic rings. The smallest absolute Gasteiger partial charge is 0.263 e. The maximum absolute atomic E-state index is 12.6. The number of benzene rings is 2. The molecule has 0 radical (unpaired) electrons. The lowest BCUT2D eigenvalue weighted by molar-refractivity contribution is 0.422. The van der Waals surface area contributed by atoms with E-state index in [0.717, 1.165) is 16.8 Å². The van der Waals surface area contributed by atoms with Gasteiger partial charge in [-0.15, -0.1) is 11.3 Å². The molecule has 0 saturated heterocycles. The van der Waals surface area contributed by atoms with Gasteiger partial charge in [-0.1, -0.05) is 47.6 Å². The van der Waals surface area contributed by atoms with E-state index >= 15 is 0 Å². The van der Waals surface area contributed by atoms with E-state index < -0.39 is 10.0 Å². The summed E-state index contributed by atoms with van der Waals surface area (Å²) < 4.78 is 32.5. The fraction of sp³-hybridized carbons (Fsp3) is 0. The Kier molecular flexibility index (Phi) is 4.27. The van der Waals surface area contributed by atoms with Crippen LogP contribution in [0.2, 0.25) is 0 Å². The minimum absolute atomic E-state index is 0.154. The Labute approximate surface area is 154 Å². The van der Waals surface area contributed by atoms with E-state index in [1.54, 1.807) is 18.2 Å². The van der Waals surface area contributed by atoms with Crippen molar-refractivity contribution in [2.75, 3.05) is 4.72 Å². The molecule has 4 aromatic rings. The number of nitrogens with one attached hydrogen (secondary N) is 1. The Morgan fingerprint density at radius 3 is 2.31 bits per heavy atom. The second kappa shape index (κ2) is 6.74. The van der Waals surface area contributed by atoms with Gasteiger partial charge in [-0.05, 0) is 12.1 Å². The highest BCUT2D eigenvalue weighted by Gasteiger charge is 2.17. The number of aromatic nitrogens is 2. The zero-order chi connectivity index (χ0) is 18.0. The van der Waals surface area contributed by atoms with Gasteiger partial charge in [-0.3, -0.25) is 4.72 Å². The van der Waals surface area contributed by atoms with Crippen molar-refractivity contribution in [3.63, 3.8) is 0 Å². The van der Waals surface area contributed by atoms with Gasteiger partial charge >= 0.3 is 0 Å². The van der Waals surface area contributed by atoms with Crippen molar-refractivity contribution in [2.24, 2.45) is 0 Å². The summed E-state index contributed by atoms with van der Waals surface area (Å²) in [7, 11) is -3.71. The topological polar surface area (TPSA) is 85.1 Å². The largest absolute Gasteiger partial charge is 0.364 e. The molecule has 0 amide bonds. The van der Waals surface area contributed by atoms with Gasteiger partial charge in [0.1, 0.15) is 12.0 Å². The predicted octanol–water partition coefficient (Wildman–Crippen LogP) is 4.27.